The van der Waals surface area contributed by atoms with Crippen molar-refractivity contribution < 1.29 is 18.0 Å². The number of rotatable bonds is 2. The van der Waals surface area contributed by atoms with Crippen LogP contribution in [0.3, 0.4) is 0 Å². The maximum absolute atomic E-state index is 12.9. The van der Waals surface area contributed by atoms with Crippen molar-refractivity contribution in [1.82, 2.24) is 4.90 Å². The summed E-state index contributed by atoms with van der Waals surface area (Å²) in [6, 6.07) is 4.89. The van der Waals surface area contributed by atoms with E-state index in [1.54, 1.807) is 0 Å². The first-order valence-electron chi connectivity index (χ1n) is 6.42. The van der Waals surface area contributed by atoms with Gasteiger partial charge in [0.25, 0.3) is 5.91 Å². The van der Waals surface area contributed by atoms with Crippen LogP contribution in [0.4, 0.5) is 13.2 Å². The highest BCUT2D eigenvalue weighted by molar-refractivity contribution is 5.96. The van der Waals surface area contributed by atoms with Crippen LogP contribution in [0, 0.1) is 5.41 Å². The molecule has 1 aliphatic rings. The molecule has 2 rings (SSSR count). The van der Waals surface area contributed by atoms with Gasteiger partial charge in [-0.05, 0) is 30.5 Å². The Balaban J connectivity index is 2.28. The number of nitrogens with zero attached hydrogens (tertiary/aromatic N) is 1. The molecule has 1 aromatic carbocycles. The zero-order chi connectivity index (χ0) is 15.0. The molecule has 1 heterocycles. The number of carbonyl (C=O) groups excluding carboxylic acids is 1. The standard InChI is InChI=1S/C14H17F3N2O/c1-13(8-18)6-7-19(9-13)12(20)10-4-2-3-5-11(10)14(15,16)17/h2-5H,6-9,18H2,1H3. The fraction of sp³-hybridized carbons (Fsp3) is 0.500. The molecule has 0 bridgehead atoms. The molecule has 0 aliphatic carbocycles. The molecule has 1 atom stereocenters. The molecule has 1 unspecified atom stereocenters. The fourth-order valence-corrected chi connectivity index (χ4v) is 2.45. The van der Waals surface area contributed by atoms with E-state index in [2.05, 4.69) is 0 Å². The van der Waals surface area contributed by atoms with E-state index in [4.69, 9.17) is 5.73 Å². The highest BCUT2D eigenvalue weighted by Crippen LogP contribution is 2.34. The van der Waals surface area contributed by atoms with Gasteiger partial charge in [0.2, 0.25) is 0 Å². The summed E-state index contributed by atoms with van der Waals surface area (Å²) in [4.78, 5) is 13.8. The number of nitrogens with two attached hydrogens (primary N) is 1. The normalized spacial score (nSPS) is 23.1. The highest BCUT2D eigenvalue weighted by atomic mass is 19.4. The second-order valence-corrected chi connectivity index (χ2v) is 5.53. The van der Waals surface area contributed by atoms with Gasteiger partial charge >= 0.3 is 6.18 Å². The summed E-state index contributed by atoms with van der Waals surface area (Å²) < 4.78 is 38.8. The monoisotopic (exact) mass is 286 g/mol. The molecule has 1 saturated heterocycles. The molecular formula is C14H17F3N2O. The van der Waals surface area contributed by atoms with Crippen LogP contribution in [-0.4, -0.2) is 30.4 Å². The maximum atomic E-state index is 12.9. The van der Waals surface area contributed by atoms with Crippen LogP contribution in [0.25, 0.3) is 0 Å². The Labute approximate surface area is 115 Å². The summed E-state index contributed by atoms with van der Waals surface area (Å²) in [5, 5.41) is 0. The second-order valence-electron chi connectivity index (χ2n) is 5.53. The van der Waals surface area contributed by atoms with Gasteiger partial charge in [-0.3, -0.25) is 4.79 Å². The van der Waals surface area contributed by atoms with Crippen LogP contribution >= 0.6 is 0 Å². The number of amides is 1. The van der Waals surface area contributed by atoms with Crippen molar-refractivity contribution in [3.05, 3.63) is 35.4 Å². The van der Waals surface area contributed by atoms with Gasteiger partial charge in [0, 0.05) is 13.1 Å². The van der Waals surface area contributed by atoms with Gasteiger partial charge in [-0.25, -0.2) is 0 Å². The van der Waals surface area contributed by atoms with Crippen LogP contribution in [0.1, 0.15) is 29.3 Å². The first-order chi connectivity index (χ1) is 9.27. The van der Waals surface area contributed by atoms with Crippen molar-refractivity contribution in [3.8, 4) is 0 Å². The molecule has 110 valence electrons. The van der Waals surface area contributed by atoms with Crippen molar-refractivity contribution in [2.45, 2.75) is 19.5 Å². The van der Waals surface area contributed by atoms with E-state index in [1.165, 1.54) is 23.1 Å². The zero-order valence-electron chi connectivity index (χ0n) is 11.2. The van der Waals surface area contributed by atoms with Gasteiger partial charge < -0.3 is 10.6 Å². The molecule has 0 aromatic heterocycles. The number of hydrogen-bond donors (Lipinski definition) is 1. The lowest BCUT2D eigenvalue weighted by atomic mass is 9.90. The lowest BCUT2D eigenvalue weighted by molar-refractivity contribution is -0.138. The van der Waals surface area contributed by atoms with E-state index in [-0.39, 0.29) is 11.0 Å². The summed E-state index contributed by atoms with van der Waals surface area (Å²) in [6.45, 7) is 3.20. The molecule has 1 amide bonds. The molecule has 1 fully saturated rings. The third kappa shape index (κ3) is 2.80. The maximum Gasteiger partial charge on any atom is 0.417 e. The van der Waals surface area contributed by atoms with E-state index >= 15 is 0 Å². The first-order valence-corrected chi connectivity index (χ1v) is 6.42. The van der Waals surface area contributed by atoms with E-state index in [0.717, 1.165) is 6.07 Å². The van der Waals surface area contributed by atoms with Crippen molar-refractivity contribution in [3.63, 3.8) is 0 Å². The van der Waals surface area contributed by atoms with Gasteiger partial charge in [-0.1, -0.05) is 19.1 Å². The number of likely N-dealkylation sites (tertiary alicyclic amines) is 1. The van der Waals surface area contributed by atoms with Gasteiger partial charge in [0.15, 0.2) is 0 Å². The average Bonchev–Trinajstić information content (AvgIpc) is 2.80. The minimum atomic E-state index is -4.52. The number of halogens is 3. The summed E-state index contributed by atoms with van der Waals surface area (Å²) in [5.74, 6) is -0.574. The molecule has 2 N–H and O–H groups in total. The van der Waals surface area contributed by atoms with Crippen molar-refractivity contribution >= 4 is 5.91 Å². The predicted molar refractivity (Wildman–Crippen MR) is 69.1 cm³/mol. The molecule has 1 aromatic rings. The topological polar surface area (TPSA) is 46.3 Å². The molecule has 0 spiro atoms. The van der Waals surface area contributed by atoms with Gasteiger partial charge in [0.05, 0.1) is 11.1 Å². The summed E-state index contributed by atoms with van der Waals surface area (Å²) in [7, 11) is 0. The Bertz CT molecular complexity index is 515. The Morgan fingerprint density at radius 3 is 2.60 bits per heavy atom. The summed E-state index contributed by atoms with van der Waals surface area (Å²) in [6.07, 6.45) is -3.81. The molecule has 0 radical (unpaired) electrons. The fourth-order valence-electron chi connectivity index (χ4n) is 2.45. The lowest BCUT2D eigenvalue weighted by Crippen LogP contribution is -2.35. The lowest BCUT2D eigenvalue weighted by Gasteiger charge is -2.23. The van der Waals surface area contributed by atoms with Gasteiger partial charge in [0.1, 0.15) is 0 Å². The minimum Gasteiger partial charge on any atom is -0.338 e. The molecule has 0 saturated carbocycles. The zero-order valence-corrected chi connectivity index (χ0v) is 11.2. The van der Waals surface area contributed by atoms with Crippen LogP contribution in [0.2, 0.25) is 0 Å². The third-order valence-corrected chi connectivity index (χ3v) is 3.80. The minimum absolute atomic E-state index is 0.206. The highest BCUT2D eigenvalue weighted by Gasteiger charge is 2.39. The van der Waals surface area contributed by atoms with E-state index < -0.39 is 17.6 Å². The largest absolute Gasteiger partial charge is 0.417 e. The van der Waals surface area contributed by atoms with Crippen molar-refractivity contribution in [1.29, 1.82) is 0 Å². The quantitative estimate of drug-likeness (QED) is 0.908. The van der Waals surface area contributed by atoms with Crippen LogP contribution in [0.5, 0.6) is 0 Å². The molecule has 3 nitrogen and oxygen atoms in total. The van der Waals surface area contributed by atoms with Crippen LogP contribution in [0.15, 0.2) is 24.3 Å². The van der Waals surface area contributed by atoms with Crippen LogP contribution < -0.4 is 5.73 Å². The Kier molecular flexibility index (Phi) is 3.77. The smallest absolute Gasteiger partial charge is 0.338 e. The second kappa shape index (κ2) is 5.09. The number of benzene rings is 1. The molecule has 1 aliphatic heterocycles. The third-order valence-electron chi connectivity index (χ3n) is 3.80. The average molecular weight is 286 g/mol. The number of alkyl halides is 3. The van der Waals surface area contributed by atoms with Crippen molar-refractivity contribution in [2.24, 2.45) is 11.1 Å². The Hall–Kier alpha value is -1.56. The first kappa shape index (κ1) is 14.8. The molecular weight excluding hydrogens is 269 g/mol. The number of carbonyl (C=O) groups is 1. The van der Waals surface area contributed by atoms with Crippen molar-refractivity contribution in [2.75, 3.05) is 19.6 Å². The van der Waals surface area contributed by atoms with Gasteiger partial charge in [-0.15, -0.1) is 0 Å². The van der Waals surface area contributed by atoms with Crippen LogP contribution in [-0.2, 0) is 6.18 Å². The molecule has 6 heteroatoms. The predicted octanol–water partition coefficient (Wildman–Crippen LogP) is 2.52. The Morgan fingerprint density at radius 1 is 1.40 bits per heavy atom. The van der Waals surface area contributed by atoms with E-state index in [1.807, 2.05) is 6.92 Å². The summed E-state index contributed by atoms with van der Waals surface area (Å²) in [5.41, 5.74) is 4.27. The molecule has 20 heavy (non-hydrogen) atoms. The summed E-state index contributed by atoms with van der Waals surface area (Å²) >= 11 is 0. The van der Waals surface area contributed by atoms with E-state index in [0.29, 0.717) is 26.1 Å². The van der Waals surface area contributed by atoms with Gasteiger partial charge in [-0.2, -0.15) is 13.2 Å². The Morgan fingerprint density at radius 2 is 2.05 bits per heavy atom. The van der Waals surface area contributed by atoms with E-state index in [9.17, 15) is 18.0 Å². The SMILES string of the molecule is CC1(CN)CCN(C(=O)c2ccccc2C(F)(F)F)C1. The number of hydrogen-bond acceptors (Lipinski definition) is 2.